The molecule has 0 atom stereocenters. The van der Waals surface area contributed by atoms with E-state index in [4.69, 9.17) is 0 Å². The van der Waals surface area contributed by atoms with Crippen LogP contribution in [0.15, 0.2) is 70.7 Å². The van der Waals surface area contributed by atoms with Gasteiger partial charge < -0.3 is 15.2 Å². The number of fused-ring (bicyclic) bond motifs is 1. The van der Waals surface area contributed by atoms with E-state index in [0.717, 1.165) is 19.0 Å². The highest BCUT2D eigenvalue weighted by atomic mass is 32.2. The van der Waals surface area contributed by atoms with Gasteiger partial charge in [-0.3, -0.25) is 4.99 Å². The molecule has 0 saturated heterocycles. The molecule has 0 aliphatic rings. The first-order valence-electron chi connectivity index (χ1n) is 9.47. The van der Waals surface area contributed by atoms with E-state index in [1.165, 1.54) is 29.1 Å². The molecule has 0 unspecified atom stereocenters. The molecule has 2 aromatic carbocycles. The summed E-state index contributed by atoms with van der Waals surface area (Å²) in [5.41, 5.74) is 1.20. The van der Waals surface area contributed by atoms with Crippen molar-refractivity contribution in [1.82, 2.24) is 15.2 Å². The minimum atomic E-state index is -3.69. The van der Waals surface area contributed by atoms with Gasteiger partial charge in [0.05, 0.1) is 5.75 Å². The molecule has 0 amide bonds. The molecule has 0 bridgehead atoms. The molecular formula is C21H25FN4O2S. The van der Waals surface area contributed by atoms with Gasteiger partial charge in [0.1, 0.15) is 10.7 Å². The molecule has 6 nitrogen and oxygen atoms in total. The number of hydrogen-bond acceptors (Lipinski definition) is 3. The first-order valence-corrected chi connectivity index (χ1v) is 11.1. The lowest BCUT2D eigenvalue weighted by molar-refractivity contribution is 0.566. The average molecular weight is 417 g/mol. The van der Waals surface area contributed by atoms with Crippen LogP contribution in [-0.4, -0.2) is 44.8 Å². The van der Waals surface area contributed by atoms with Gasteiger partial charge in [-0.2, -0.15) is 0 Å². The predicted molar refractivity (Wildman–Crippen MR) is 114 cm³/mol. The summed E-state index contributed by atoms with van der Waals surface area (Å²) in [5, 5.41) is 7.36. The first kappa shape index (κ1) is 20.9. The second kappa shape index (κ2) is 9.56. The van der Waals surface area contributed by atoms with Gasteiger partial charge in [-0.15, -0.1) is 0 Å². The Morgan fingerprint density at radius 1 is 1.03 bits per heavy atom. The Kier molecular flexibility index (Phi) is 6.87. The van der Waals surface area contributed by atoms with Crippen LogP contribution in [0.2, 0.25) is 0 Å². The fourth-order valence-electron chi connectivity index (χ4n) is 3.12. The highest BCUT2D eigenvalue weighted by molar-refractivity contribution is 7.91. The minimum absolute atomic E-state index is 0.137. The summed E-state index contributed by atoms with van der Waals surface area (Å²) < 4.78 is 40.5. The lowest BCUT2D eigenvalue weighted by atomic mass is 10.2. The molecule has 0 aliphatic carbocycles. The van der Waals surface area contributed by atoms with E-state index in [9.17, 15) is 12.8 Å². The number of guanidine groups is 1. The smallest absolute Gasteiger partial charge is 0.191 e. The number of aromatic nitrogens is 1. The summed E-state index contributed by atoms with van der Waals surface area (Å²) in [7, 11) is -2.07. The van der Waals surface area contributed by atoms with Gasteiger partial charge in [0.25, 0.3) is 0 Å². The molecule has 3 aromatic rings. The van der Waals surface area contributed by atoms with Crippen molar-refractivity contribution in [2.24, 2.45) is 4.99 Å². The molecule has 1 heterocycles. The van der Waals surface area contributed by atoms with E-state index in [1.807, 2.05) is 12.1 Å². The van der Waals surface area contributed by atoms with Crippen LogP contribution in [-0.2, 0) is 16.4 Å². The molecule has 0 saturated carbocycles. The van der Waals surface area contributed by atoms with Gasteiger partial charge in [0, 0.05) is 38.4 Å². The Labute approximate surface area is 170 Å². The maximum Gasteiger partial charge on any atom is 0.191 e. The molecule has 0 spiro atoms. The van der Waals surface area contributed by atoms with E-state index >= 15 is 0 Å². The number of aryl methyl sites for hydroxylation is 1. The lowest BCUT2D eigenvalue weighted by Gasteiger charge is -2.13. The number of nitrogens with zero attached hydrogens (tertiary/aromatic N) is 2. The second-order valence-electron chi connectivity index (χ2n) is 6.60. The van der Waals surface area contributed by atoms with Crippen LogP contribution in [0.3, 0.4) is 0 Å². The number of aliphatic imine (C=N–C) groups is 1. The number of sulfone groups is 1. The van der Waals surface area contributed by atoms with Crippen LogP contribution in [0.5, 0.6) is 0 Å². The Balaban J connectivity index is 1.43. The van der Waals surface area contributed by atoms with Crippen molar-refractivity contribution in [3.63, 3.8) is 0 Å². The van der Waals surface area contributed by atoms with E-state index in [2.05, 4.69) is 44.6 Å². The highest BCUT2D eigenvalue weighted by Crippen LogP contribution is 2.15. The SMILES string of the molecule is CN=C(NCCCn1ccc2ccccc21)NCCS(=O)(=O)c1ccccc1F. The first-order chi connectivity index (χ1) is 14.0. The summed E-state index contributed by atoms with van der Waals surface area (Å²) >= 11 is 0. The van der Waals surface area contributed by atoms with Gasteiger partial charge in [-0.1, -0.05) is 30.3 Å². The number of rotatable bonds is 8. The second-order valence-corrected chi connectivity index (χ2v) is 8.67. The summed E-state index contributed by atoms with van der Waals surface area (Å²) in [4.78, 5) is 3.83. The zero-order chi connectivity index (χ0) is 20.7. The number of hydrogen-bond donors (Lipinski definition) is 2. The predicted octanol–water partition coefficient (Wildman–Crippen LogP) is 2.81. The highest BCUT2D eigenvalue weighted by Gasteiger charge is 2.18. The lowest BCUT2D eigenvalue weighted by Crippen LogP contribution is -2.40. The molecule has 8 heteroatoms. The Hall–Kier alpha value is -2.87. The quantitative estimate of drug-likeness (QED) is 0.336. The van der Waals surface area contributed by atoms with Gasteiger partial charge in [0.15, 0.2) is 15.8 Å². The monoisotopic (exact) mass is 416 g/mol. The van der Waals surface area contributed by atoms with Crippen LogP contribution in [0.1, 0.15) is 6.42 Å². The Bertz CT molecular complexity index is 1090. The third-order valence-corrected chi connectivity index (χ3v) is 6.35. The zero-order valence-electron chi connectivity index (χ0n) is 16.3. The molecule has 3 rings (SSSR count). The average Bonchev–Trinajstić information content (AvgIpc) is 3.13. The molecule has 0 aliphatic heterocycles. The molecule has 0 radical (unpaired) electrons. The third-order valence-electron chi connectivity index (χ3n) is 4.61. The Morgan fingerprint density at radius 3 is 2.55 bits per heavy atom. The van der Waals surface area contributed by atoms with Crippen molar-refractivity contribution in [2.75, 3.05) is 25.9 Å². The van der Waals surface area contributed by atoms with Crippen LogP contribution in [0.25, 0.3) is 10.9 Å². The summed E-state index contributed by atoms with van der Waals surface area (Å²) in [6, 6.07) is 15.7. The van der Waals surface area contributed by atoms with E-state index in [0.29, 0.717) is 12.5 Å². The molecular weight excluding hydrogens is 391 g/mol. The zero-order valence-corrected chi connectivity index (χ0v) is 17.1. The van der Waals surface area contributed by atoms with Gasteiger partial charge >= 0.3 is 0 Å². The van der Waals surface area contributed by atoms with E-state index in [1.54, 1.807) is 7.05 Å². The van der Waals surface area contributed by atoms with Crippen molar-refractivity contribution < 1.29 is 12.8 Å². The van der Waals surface area contributed by atoms with E-state index < -0.39 is 15.7 Å². The van der Waals surface area contributed by atoms with E-state index in [-0.39, 0.29) is 17.2 Å². The summed E-state index contributed by atoms with van der Waals surface area (Å²) in [5.74, 6) is -0.428. The maximum atomic E-state index is 13.7. The van der Waals surface area contributed by atoms with Gasteiger partial charge in [-0.25, -0.2) is 12.8 Å². The number of para-hydroxylation sites is 1. The van der Waals surface area contributed by atoms with Crippen molar-refractivity contribution in [3.05, 3.63) is 66.6 Å². The Morgan fingerprint density at radius 2 is 1.76 bits per heavy atom. The van der Waals surface area contributed by atoms with Crippen molar-refractivity contribution in [2.45, 2.75) is 17.9 Å². The van der Waals surface area contributed by atoms with Crippen molar-refractivity contribution >= 4 is 26.7 Å². The van der Waals surface area contributed by atoms with Gasteiger partial charge in [0.2, 0.25) is 0 Å². The van der Waals surface area contributed by atoms with Gasteiger partial charge in [-0.05, 0) is 36.1 Å². The largest absolute Gasteiger partial charge is 0.356 e. The topological polar surface area (TPSA) is 75.5 Å². The molecule has 154 valence electrons. The molecule has 29 heavy (non-hydrogen) atoms. The third kappa shape index (κ3) is 5.35. The van der Waals surface area contributed by atoms with Crippen LogP contribution in [0.4, 0.5) is 4.39 Å². The minimum Gasteiger partial charge on any atom is -0.356 e. The van der Waals surface area contributed by atoms with Crippen molar-refractivity contribution in [3.8, 4) is 0 Å². The summed E-state index contributed by atoms with van der Waals surface area (Å²) in [6.45, 7) is 1.68. The fraction of sp³-hybridized carbons (Fsp3) is 0.286. The molecule has 2 N–H and O–H groups in total. The van der Waals surface area contributed by atoms with Crippen LogP contribution >= 0.6 is 0 Å². The standard InChI is InChI=1S/C21H25FN4O2S/c1-23-21(25-13-16-29(27,28)20-10-5-3-8-18(20)22)24-12-6-14-26-15-11-17-7-2-4-9-19(17)26/h2-5,7-11,15H,6,12-14,16H2,1H3,(H2,23,24,25). The fourth-order valence-corrected chi connectivity index (χ4v) is 4.36. The molecule has 0 fully saturated rings. The van der Waals surface area contributed by atoms with Crippen LogP contribution < -0.4 is 10.6 Å². The number of benzene rings is 2. The number of nitrogens with one attached hydrogen (secondary N) is 2. The normalized spacial score (nSPS) is 12.3. The maximum absolute atomic E-state index is 13.7. The van der Waals surface area contributed by atoms with Crippen molar-refractivity contribution in [1.29, 1.82) is 0 Å². The molecule has 1 aromatic heterocycles. The summed E-state index contributed by atoms with van der Waals surface area (Å²) in [6.07, 6.45) is 2.96. The van der Waals surface area contributed by atoms with Crippen LogP contribution in [0, 0.1) is 5.82 Å². The number of halogens is 1.